The smallest absolute Gasteiger partial charge is 0.348 e. The van der Waals surface area contributed by atoms with Crippen molar-refractivity contribution in [1.82, 2.24) is 5.32 Å². The number of carbonyl (C=O) groups excluding carboxylic acids is 1. The van der Waals surface area contributed by atoms with Gasteiger partial charge in [0.25, 0.3) is 5.91 Å². The third-order valence-electron chi connectivity index (χ3n) is 4.10. The first-order chi connectivity index (χ1) is 13.0. The first-order valence-electron chi connectivity index (χ1n) is 8.12. The monoisotopic (exact) mass is 372 g/mol. The predicted octanol–water partition coefficient (Wildman–Crippen LogP) is 2.42. The van der Waals surface area contributed by atoms with Gasteiger partial charge in [-0.1, -0.05) is 12.1 Å². The average molecular weight is 372 g/mol. The fourth-order valence-electron chi connectivity index (χ4n) is 2.73. The van der Waals surface area contributed by atoms with Crippen LogP contribution < -0.4 is 10.6 Å². The minimum atomic E-state index is -0.860. The van der Waals surface area contributed by atoms with Crippen molar-refractivity contribution < 1.29 is 19.4 Å². The quantitative estimate of drug-likeness (QED) is 0.607. The largest absolute Gasteiger partial charge is 0.371 e. The molecular weight excluding hydrogens is 356 g/mol. The lowest BCUT2D eigenvalue weighted by molar-refractivity contribution is -0.422. The van der Waals surface area contributed by atoms with Crippen molar-refractivity contribution in [3.05, 3.63) is 73.8 Å². The molecule has 1 saturated heterocycles. The van der Waals surface area contributed by atoms with E-state index in [-0.39, 0.29) is 11.8 Å². The number of hydrogen-bond acceptors (Lipinski definition) is 7. The van der Waals surface area contributed by atoms with Gasteiger partial charge >= 0.3 is 11.4 Å². The number of nitro groups is 2. The Kier molecular flexibility index (Phi) is 5.38. The molecule has 2 N–H and O–H groups in total. The second-order valence-electron chi connectivity index (χ2n) is 5.86. The summed E-state index contributed by atoms with van der Waals surface area (Å²) in [5.74, 6) is -0.479. The molecule has 0 aliphatic carbocycles. The van der Waals surface area contributed by atoms with Gasteiger partial charge in [0.15, 0.2) is 0 Å². The van der Waals surface area contributed by atoms with Gasteiger partial charge in [0.1, 0.15) is 0 Å². The van der Waals surface area contributed by atoms with E-state index in [1.165, 1.54) is 6.07 Å². The highest BCUT2D eigenvalue weighted by Crippen LogP contribution is 2.29. The number of amides is 1. The van der Waals surface area contributed by atoms with E-state index in [4.69, 9.17) is 4.74 Å². The van der Waals surface area contributed by atoms with E-state index < -0.39 is 27.1 Å². The first kappa shape index (κ1) is 18.4. The molecule has 2 aromatic rings. The Morgan fingerprint density at radius 1 is 1.07 bits per heavy atom. The molecule has 27 heavy (non-hydrogen) atoms. The molecule has 1 amide bonds. The third-order valence-corrected chi connectivity index (χ3v) is 4.10. The van der Waals surface area contributed by atoms with Gasteiger partial charge in [-0.2, -0.15) is 0 Å². The Bertz CT molecular complexity index is 877. The van der Waals surface area contributed by atoms with Crippen LogP contribution in [0.2, 0.25) is 0 Å². The molecule has 10 heteroatoms. The maximum Gasteiger partial charge on any atom is 0.348 e. The van der Waals surface area contributed by atoms with Crippen LogP contribution in [0.3, 0.4) is 0 Å². The van der Waals surface area contributed by atoms with Gasteiger partial charge < -0.3 is 15.4 Å². The lowest BCUT2D eigenvalue weighted by Gasteiger charge is -2.24. The molecule has 0 spiro atoms. The van der Waals surface area contributed by atoms with Crippen molar-refractivity contribution in [2.45, 2.75) is 6.10 Å². The highest BCUT2D eigenvalue weighted by atomic mass is 16.6. The van der Waals surface area contributed by atoms with Crippen LogP contribution >= 0.6 is 0 Å². The topological polar surface area (TPSA) is 137 Å². The van der Waals surface area contributed by atoms with Crippen molar-refractivity contribution in [2.75, 3.05) is 25.0 Å². The Hall–Kier alpha value is -3.37. The van der Waals surface area contributed by atoms with Gasteiger partial charge in [0, 0.05) is 36.5 Å². The number of morpholine rings is 1. The Morgan fingerprint density at radius 2 is 1.78 bits per heavy atom. The number of nitrogens with zero attached hydrogens (tertiary/aromatic N) is 2. The number of anilines is 1. The number of carbonyl (C=O) groups is 1. The molecular formula is C17H16N4O6. The zero-order valence-electron chi connectivity index (χ0n) is 14.1. The normalized spacial score (nSPS) is 16.5. The number of nitrogens with one attached hydrogen (secondary N) is 2. The van der Waals surface area contributed by atoms with Crippen molar-refractivity contribution >= 4 is 23.0 Å². The molecule has 1 atom stereocenters. The van der Waals surface area contributed by atoms with Crippen LogP contribution in [0.1, 0.15) is 22.0 Å². The van der Waals surface area contributed by atoms with Crippen LogP contribution in [0.4, 0.5) is 17.1 Å². The Labute approximate surface area is 153 Å². The van der Waals surface area contributed by atoms with E-state index in [0.29, 0.717) is 18.7 Å². The van der Waals surface area contributed by atoms with E-state index in [1.807, 2.05) is 0 Å². The van der Waals surface area contributed by atoms with Crippen LogP contribution in [0.25, 0.3) is 0 Å². The van der Waals surface area contributed by atoms with Gasteiger partial charge in [-0.25, -0.2) is 0 Å². The third kappa shape index (κ3) is 4.25. The molecule has 2 aromatic carbocycles. The molecule has 0 aromatic heterocycles. The van der Waals surface area contributed by atoms with Crippen molar-refractivity contribution in [3.63, 3.8) is 0 Å². The second kappa shape index (κ2) is 7.89. The molecule has 1 heterocycles. The lowest BCUT2D eigenvalue weighted by Crippen LogP contribution is -2.33. The molecule has 10 nitrogen and oxygen atoms in total. The lowest BCUT2D eigenvalue weighted by atomic mass is 10.1. The standard InChI is InChI=1S/C17H16N4O6/c22-17(12-3-1-11(2-4-12)16-10-18-7-8-27-16)19-13-5-6-14(20(23)24)15(9-13)21(25)26/h1-6,9,16,18H,7-8,10H2,(H,19,22). The van der Waals surface area contributed by atoms with Crippen molar-refractivity contribution in [3.8, 4) is 0 Å². The molecule has 0 saturated carbocycles. The van der Waals surface area contributed by atoms with Crippen LogP contribution in [-0.2, 0) is 4.74 Å². The summed E-state index contributed by atoms with van der Waals surface area (Å²) < 4.78 is 5.64. The fourth-order valence-corrected chi connectivity index (χ4v) is 2.73. The SMILES string of the molecule is O=C(Nc1ccc([N+](=O)[O-])c([N+](=O)[O-])c1)c1ccc(C2CNCCO2)cc1. The van der Waals surface area contributed by atoms with Gasteiger partial charge in [0.05, 0.1) is 22.6 Å². The number of benzene rings is 2. The summed E-state index contributed by atoms with van der Waals surface area (Å²) in [5.41, 5.74) is 0.0629. The van der Waals surface area contributed by atoms with Crippen LogP contribution in [0.5, 0.6) is 0 Å². The van der Waals surface area contributed by atoms with Gasteiger partial charge in [-0.15, -0.1) is 0 Å². The van der Waals surface area contributed by atoms with Crippen LogP contribution in [0.15, 0.2) is 42.5 Å². The first-order valence-corrected chi connectivity index (χ1v) is 8.12. The maximum atomic E-state index is 12.3. The predicted molar refractivity (Wildman–Crippen MR) is 95.7 cm³/mol. The van der Waals surface area contributed by atoms with E-state index in [9.17, 15) is 25.0 Å². The van der Waals surface area contributed by atoms with E-state index >= 15 is 0 Å². The molecule has 0 bridgehead atoms. The molecule has 1 aliphatic heterocycles. The summed E-state index contributed by atoms with van der Waals surface area (Å²) in [4.78, 5) is 32.5. The summed E-state index contributed by atoms with van der Waals surface area (Å²) in [5, 5.41) is 27.6. The summed E-state index contributed by atoms with van der Waals surface area (Å²) in [6.07, 6.45) is -0.0758. The minimum absolute atomic E-state index is 0.0758. The molecule has 1 unspecified atom stereocenters. The summed E-state index contributed by atoms with van der Waals surface area (Å²) >= 11 is 0. The number of rotatable bonds is 5. The zero-order valence-corrected chi connectivity index (χ0v) is 14.1. The summed E-state index contributed by atoms with van der Waals surface area (Å²) in [6.45, 7) is 2.11. The van der Waals surface area contributed by atoms with Gasteiger partial charge in [-0.05, 0) is 23.8 Å². The van der Waals surface area contributed by atoms with Gasteiger partial charge in [-0.3, -0.25) is 25.0 Å². The van der Waals surface area contributed by atoms with Crippen molar-refractivity contribution in [1.29, 1.82) is 0 Å². The highest BCUT2D eigenvalue weighted by Gasteiger charge is 2.24. The van der Waals surface area contributed by atoms with Crippen LogP contribution in [0, 0.1) is 20.2 Å². The number of ether oxygens (including phenoxy) is 1. The molecule has 140 valence electrons. The second-order valence-corrected chi connectivity index (χ2v) is 5.86. The van der Waals surface area contributed by atoms with E-state index in [0.717, 1.165) is 24.2 Å². The minimum Gasteiger partial charge on any atom is -0.371 e. The fraction of sp³-hybridized carbons (Fsp3) is 0.235. The highest BCUT2D eigenvalue weighted by molar-refractivity contribution is 6.04. The molecule has 1 fully saturated rings. The average Bonchev–Trinajstić information content (AvgIpc) is 2.68. The van der Waals surface area contributed by atoms with E-state index in [2.05, 4.69) is 10.6 Å². The van der Waals surface area contributed by atoms with Crippen LogP contribution in [-0.4, -0.2) is 35.5 Å². The summed E-state index contributed by atoms with van der Waals surface area (Å²) in [7, 11) is 0. The number of nitro benzene ring substituents is 2. The maximum absolute atomic E-state index is 12.3. The molecule has 1 aliphatic rings. The van der Waals surface area contributed by atoms with Crippen molar-refractivity contribution in [2.24, 2.45) is 0 Å². The Morgan fingerprint density at radius 3 is 2.37 bits per heavy atom. The zero-order chi connectivity index (χ0) is 19.4. The summed E-state index contributed by atoms with van der Waals surface area (Å²) in [6, 6.07) is 10.0. The molecule has 0 radical (unpaired) electrons. The van der Waals surface area contributed by atoms with Gasteiger partial charge in [0.2, 0.25) is 0 Å². The Balaban J connectivity index is 1.74. The molecule has 3 rings (SSSR count). The number of hydrogen-bond donors (Lipinski definition) is 2. The van der Waals surface area contributed by atoms with E-state index in [1.54, 1.807) is 24.3 Å².